The molecule has 2 aromatic carbocycles. The Hall–Kier alpha value is -3.68. The molecular weight excluding hydrogens is 368 g/mol. The van der Waals surface area contributed by atoms with Crippen LogP contribution in [0.15, 0.2) is 42.5 Å². The topological polar surface area (TPSA) is 123 Å². The van der Waals surface area contributed by atoms with E-state index in [1.165, 1.54) is 44.6 Å². The third kappa shape index (κ3) is 5.41. The maximum absolute atomic E-state index is 11.7. The quantitative estimate of drug-likeness (QED) is 0.560. The number of hydrogen-bond donors (Lipinski definition) is 3. The van der Waals surface area contributed by atoms with Gasteiger partial charge in [-0.05, 0) is 41.5 Å². The molecule has 8 heteroatoms. The molecule has 0 bridgehead atoms. The number of carboxylic acids is 2. The monoisotopic (exact) mass is 388 g/mol. The first kappa shape index (κ1) is 20.6. The molecule has 2 aromatic rings. The number of benzene rings is 2. The molecule has 2 rings (SSSR count). The first-order valence-corrected chi connectivity index (χ1v) is 8.18. The van der Waals surface area contributed by atoms with E-state index in [0.29, 0.717) is 11.1 Å². The largest absolute Gasteiger partial charge is 0.504 e. The molecule has 0 fully saturated rings. The lowest BCUT2D eigenvalue weighted by Crippen LogP contribution is -2.29. The number of methoxy groups -OCH3 is 2. The molecule has 0 saturated heterocycles. The van der Waals surface area contributed by atoms with Gasteiger partial charge in [-0.15, -0.1) is 0 Å². The number of hydrogen-bond acceptors (Lipinski definition) is 6. The summed E-state index contributed by atoms with van der Waals surface area (Å²) < 4.78 is 15.9. The lowest BCUT2D eigenvalue weighted by atomic mass is 10.1. The van der Waals surface area contributed by atoms with Crippen LogP contribution in [0, 0.1) is 0 Å². The number of phenols is 1. The molecule has 0 heterocycles. The summed E-state index contributed by atoms with van der Waals surface area (Å²) >= 11 is 0. The van der Waals surface area contributed by atoms with Gasteiger partial charge in [-0.2, -0.15) is 0 Å². The summed E-state index contributed by atoms with van der Waals surface area (Å²) in [6.45, 7) is 0. The predicted molar refractivity (Wildman–Crippen MR) is 100 cm³/mol. The summed E-state index contributed by atoms with van der Waals surface area (Å²) in [5.41, 5.74) is 1.16. The zero-order valence-corrected chi connectivity index (χ0v) is 15.3. The van der Waals surface area contributed by atoms with Crippen molar-refractivity contribution in [1.29, 1.82) is 0 Å². The van der Waals surface area contributed by atoms with Gasteiger partial charge in [0.1, 0.15) is 0 Å². The summed E-state index contributed by atoms with van der Waals surface area (Å²) in [6, 6.07) is 9.15. The smallest absolute Gasteiger partial charge is 0.345 e. The summed E-state index contributed by atoms with van der Waals surface area (Å²) in [4.78, 5) is 22.3. The maximum atomic E-state index is 11.7. The van der Waals surface area contributed by atoms with Gasteiger partial charge in [-0.3, -0.25) is 0 Å². The van der Waals surface area contributed by atoms with Crippen molar-refractivity contribution >= 4 is 18.0 Å². The Morgan fingerprint density at radius 3 is 2.32 bits per heavy atom. The van der Waals surface area contributed by atoms with Gasteiger partial charge in [0.15, 0.2) is 29.1 Å². The molecule has 0 aliphatic carbocycles. The minimum atomic E-state index is -1.22. The van der Waals surface area contributed by atoms with Crippen LogP contribution in [0.5, 0.6) is 23.0 Å². The number of aromatic hydroxyl groups is 1. The summed E-state index contributed by atoms with van der Waals surface area (Å²) in [5.74, 6) is -1.62. The molecule has 28 heavy (non-hydrogen) atoms. The molecule has 0 aliphatic heterocycles. The van der Waals surface area contributed by atoms with Crippen LogP contribution in [-0.4, -0.2) is 47.6 Å². The van der Waals surface area contributed by atoms with E-state index in [1.807, 2.05) is 0 Å². The van der Waals surface area contributed by atoms with Crippen molar-refractivity contribution in [2.45, 2.75) is 12.5 Å². The Morgan fingerprint density at radius 1 is 1.00 bits per heavy atom. The highest BCUT2D eigenvalue weighted by Gasteiger charge is 2.22. The van der Waals surface area contributed by atoms with Crippen LogP contribution < -0.4 is 14.2 Å². The van der Waals surface area contributed by atoms with Crippen molar-refractivity contribution in [2.75, 3.05) is 14.2 Å². The highest BCUT2D eigenvalue weighted by molar-refractivity contribution is 5.85. The van der Waals surface area contributed by atoms with E-state index in [9.17, 15) is 19.8 Å². The molecule has 0 radical (unpaired) electrons. The van der Waals surface area contributed by atoms with Crippen LogP contribution in [0.4, 0.5) is 0 Å². The van der Waals surface area contributed by atoms with Gasteiger partial charge in [0.2, 0.25) is 0 Å². The van der Waals surface area contributed by atoms with Crippen LogP contribution in [-0.2, 0) is 16.0 Å². The number of ether oxygens (including phenoxy) is 3. The van der Waals surface area contributed by atoms with Crippen LogP contribution >= 0.6 is 0 Å². The zero-order chi connectivity index (χ0) is 20.7. The summed E-state index contributed by atoms with van der Waals surface area (Å²) in [5, 5.41) is 27.9. The molecule has 8 nitrogen and oxygen atoms in total. The van der Waals surface area contributed by atoms with Gasteiger partial charge in [0.25, 0.3) is 0 Å². The standard InChI is InChI=1S/C20H20O8/c1-26-16-10-13(3-6-14(16)21)11-18(20(24)25)28-15-7-4-12(5-8-19(22)23)9-17(15)27-2/h3-10,18,21H,11H2,1-2H3,(H,22,23)(H,24,25)/b8-5+. The summed E-state index contributed by atoms with van der Waals surface area (Å²) in [7, 11) is 2.79. The fourth-order valence-corrected chi connectivity index (χ4v) is 2.45. The molecule has 0 aromatic heterocycles. The van der Waals surface area contributed by atoms with E-state index in [2.05, 4.69) is 0 Å². The Labute approximate surface area is 161 Å². The minimum Gasteiger partial charge on any atom is -0.504 e. The molecule has 0 saturated carbocycles. The molecule has 0 aliphatic rings. The van der Waals surface area contributed by atoms with E-state index in [4.69, 9.17) is 19.3 Å². The molecule has 1 unspecified atom stereocenters. The first-order chi connectivity index (χ1) is 13.3. The van der Waals surface area contributed by atoms with Crippen molar-refractivity contribution in [3.8, 4) is 23.0 Å². The second kappa shape index (κ2) is 9.31. The summed E-state index contributed by atoms with van der Waals surface area (Å²) in [6.07, 6.45) is 1.17. The molecular formula is C20H20O8. The molecule has 148 valence electrons. The lowest BCUT2D eigenvalue weighted by Gasteiger charge is -2.18. The van der Waals surface area contributed by atoms with Gasteiger partial charge < -0.3 is 29.5 Å². The molecule has 0 amide bonds. The number of phenolic OH excluding ortho intramolecular Hbond substituents is 1. The predicted octanol–water partition coefficient (Wildman–Crippen LogP) is 2.58. The normalized spacial score (nSPS) is 11.8. The number of aliphatic carboxylic acids is 2. The van der Waals surface area contributed by atoms with E-state index in [0.717, 1.165) is 6.08 Å². The van der Waals surface area contributed by atoms with E-state index < -0.39 is 18.0 Å². The average molecular weight is 388 g/mol. The van der Waals surface area contributed by atoms with E-state index >= 15 is 0 Å². The average Bonchev–Trinajstić information content (AvgIpc) is 2.67. The van der Waals surface area contributed by atoms with Crippen molar-refractivity contribution < 1.29 is 39.1 Å². The lowest BCUT2D eigenvalue weighted by molar-refractivity contribution is -0.145. The van der Waals surface area contributed by atoms with Gasteiger partial charge in [-0.1, -0.05) is 12.1 Å². The molecule has 1 atom stereocenters. The van der Waals surface area contributed by atoms with Crippen LogP contribution in [0.1, 0.15) is 11.1 Å². The van der Waals surface area contributed by atoms with Crippen molar-refractivity contribution in [2.24, 2.45) is 0 Å². The number of carbonyl (C=O) groups is 2. The van der Waals surface area contributed by atoms with Gasteiger partial charge in [0, 0.05) is 12.5 Å². The third-order valence-corrected chi connectivity index (χ3v) is 3.82. The van der Waals surface area contributed by atoms with Crippen molar-refractivity contribution in [1.82, 2.24) is 0 Å². The molecule has 3 N–H and O–H groups in total. The highest BCUT2D eigenvalue weighted by Crippen LogP contribution is 2.31. The number of rotatable bonds is 9. The second-order valence-corrected chi connectivity index (χ2v) is 5.74. The van der Waals surface area contributed by atoms with E-state index in [-0.39, 0.29) is 29.4 Å². The SMILES string of the molecule is COc1cc(CC(Oc2ccc(/C=C/C(=O)O)cc2OC)C(=O)O)ccc1O. The van der Waals surface area contributed by atoms with Crippen LogP contribution in [0.2, 0.25) is 0 Å². The third-order valence-electron chi connectivity index (χ3n) is 3.82. The van der Waals surface area contributed by atoms with Gasteiger partial charge in [-0.25, -0.2) is 9.59 Å². The maximum Gasteiger partial charge on any atom is 0.345 e. The number of carboxylic acid groups (broad SMARTS) is 2. The van der Waals surface area contributed by atoms with Crippen molar-refractivity contribution in [3.63, 3.8) is 0 Å². The van der Waals surface area contributed by atoms with Gasteiger partial charge in [0.05, 0.1) is 14.2 Å². The Bertz CT molecular complexity index is 888. The zero-order valence-electron chi connectivity index (χ0n) is 15.3. The van der Waals surface area contributed by atoms with E-state index in [1.54, 1.807) is 12.1 Å². The van der Waals surface area contributed by atoms with Crippen LogP contribution in [0.3, 0.4) is 0 Å². The van der Waals surface area contributed by atoms with Gasteiger partial charge >= 0.3 is 11.9 Å². The Balaban J connectivity index is 2.24. The first-order valence-electron chi connectivity index (χ1n) is 8.18. The van der Waals surface area contributed by atoms with Crippen LogP contribution in [0.25, 0.3) is 6.08 Å². The second-order valence-electron chi connectivity index (χ2n) is 5.74. The molecule has 0 spiro atoms. The minimum absolute atomic E-state index is 0.0236. The highest BCUT2D eigenvalue weighted by atomic mass is 16.5. The Morgan fingerprint density at radius 2 is 1.71 bits per heavy atom. The van der Waals surface area contributed by atoms with Crippen molar-refractivity contribution in [3.05, 3.63) is 53.6 Å². The fourth-order valence-electron chi connectivity index (χ4n) is 2.45. The fraction of sp³-hybridized carbons (Fsp3) is 0.200. The Kier molecular flexibility index (Phi) is 6.86.